The summed E-state index contributed by atoms with van der Waals surface area (Å²) in [5.41, 5.74) is 7.13. The van der Waals surface area contributed by atoms with Gasteiger partial charge in [0.1, 0.15) is 10.5 Å². The Balaban J connectivity index is 2.01. The van der Waals surface area contributed by atoms with E-state index in [2.05, 4.69) is 14.7 Å². The van der Waals surface area contributed by atoms with E-state index < -0.39 is 10.0 Å². The Morgan fingerprint density at radius 2 is 1.90 bits per heavy atom. The van der Waals surface area contributed by atoms with Crippen LogP contribution in [0.3, 0.4) is 0 Å². The van der Waals surface area contributed by atoms with E-state index in [1.807, 2.05) is 0 Å². The van der Waals surface area contributed by atoms with Gasteiger partial charge in [-0.15, -0.1) is 0 Å². The molecule has 4 N–H and O–H groups in total. The second kappa shape index (κ2) is 4.53. The molecule has 2 aromatic heterocycles. The van der Waals surface area contributed by atoms with Crippen molar-refractivity contribution in [1.82, 2.24) is 9.97 Å². The van der Waals surface area contributed by atoms with Crippen LogP contribution in [0.15, 0.2) is 53.7 Å². The minimum Gasteiger partial charge on any atom is -0.399 e. The van der Waals surface area contributed by atoms with Crippen molar-refractivity contribution < 1.29 is 8.42 Å². The van der Waals surface area contributed by atoms with Crippen molar-refractivity contribution in [3.63, 3.8) is 0 Å². The van der Waals surface area contributed by atoms with Crippen molar-refractivity contribution in [3.8, 4) is 0 Å². The van der Waals surface area contributed by atoms with E-state index in [1.54, 1.807) is 42.6 Å². The van der Waals surface area contributed by atoms with Gasteiger partial charge < -0.3 is 10.7 Å². The zero-order chi connectivity index (χ0) is 14.2. The molecule has 0 saturated carbocycles. The lowest BCUT2D eigenvalue weighted by molar-refractivity contribution is 0.602. The van der Waals surface area contributed by atoms with Gasteiger partial charge in [0.25, 0.3) is 10.0 Å². The standard InChI is InChI=1S/C13H12N4O2S/c14-9-3-5-10(6-4-9)17-20(18,19)12-8-16-13-11(12)2-1-7-15-13/h1-8,17H,14H2,(H,15,16). The van der Waals surface area contributed by atoms with Gasteiger partial charge in [0, 0.05) is 29.2 Å². The number of rotatable bonds is 3. The van der Waals surface area contributed by atoms with Crippen LogP contribution in [-0.4, -0.2) is 18.4 Å². The molecule has 0 spiro atoms. The van der Waals surface area contributed by atoms with Gasteiger partial charge in [-0.3, -0.25) is 4.72 Å². The molecule has 0 amide bonds. The lowest BCUT2D eigenvalue weighted by atomic mass is 10.3. The largest absolute Gasteiger partial charge is 0.399 e. The third-order valence-corrected chi connectivity index (χ3v) is 4.29. The molecule has 0 aliphatic rings. The average molecular weight is 288 g/mol. The van der Waals surface area contributed by atoms with E-state index in [0.29, 0.717) is 22.4 Å². The number of nitrogen functional groups attached to an aromatic ring is 1. The maximum Gasteiger partial charge on any atom is 0.264 e. The number of nitrogens with two attached hydrogens (primary N) is 1. The molecular weight excluding hydrogens is 276 g/mol. The molecule has 0 aliphatic carbocycles. The van der Waals surface area contributed by atoms with Crippen molar-refractivity contribution in [3.05, 3.63) is 48.8 Å². The summed E-state index contributed by atoms with van der Waals surface area (Å²) < 4.78 is 27.3. The van der Waals surface area contributed by atoms with Gasteiger partial charge in [0.15, 0.2) is 0 Å². The Morgan fingerprint density at radius 1 is 1.15 bits per heavy atom. The van der Waals surface area contributed by atoms with Crippen molar-refractivity contribution in [1.29, 1.82) is 0 Å². The van der Waals surface area contributed by atoms with E-state index in [0.717, 1.165) is 0 Å². The quantitative estimate of drug-likeness (QED) is 0.641. The first kappa shape index (κ1) is 12.5. The maximum absolute atomic E-state index is 12.4. The number of aromatic amines is 1. The second-order valence-corrected chi connectivity index (χ2v) is 5.93. The predicted molar refractivity (Wildman–Crippen MR) is 77.8 cm³/mol. The number of sulfonamides is 1. The zero-order valence-corrected chi connectivity index (χ0v) is 11.2. The van der Waals surface area contributed by atoms with Crippen LogP contribution in [0.2, 0.25) is 0 Å². The number of nitrogens with one attached hydrogen (secondary N) is 2. The van der Waals surface area contributed by atoms with Gasteiger partial charge >= 0.3 is 0 Å². The van der Waals surface area contributed by atoms with E-state index >= 15 is 0 Å². The average Bonchev–Trinajstić information content (AvgIpc) is 2.86. The molecule has 0 unspecified atom stereocenters. The minimum absolute atomic E-state index is 0.164. The van der Waals surface area contributed by atoms with Gasteiger partial charge in [-0.25, -0.2) is 13.4 Å². The number of anilines is 2. The Labute approximate surface area is 115 Å². The van der Waals surface area contributed by atoms with Crippen LogP contribution in [-0.2, 0) is 10.0 Å². The number of hydrogen-bond donors (Lipinski definition) is 3. The van der Waals surface area contributed by atoms with Gasteiger partial charge in [0.05, 0.1) is 0 Å². The molecule has 6 nitrogen and oxygen atoms in total. The van der Waals surface area contributed by atoms with Gasteiger partial charge in [0.2, 0.25) is 0 Å². The summed E-state index contributed by atoms with van der Waals surface area (Å²) in [6, 6.07) is 9.89. The summed E-state index contributed by atoms with van der Waals surface area (Å²) in [5.74, 6) is 0. The van der Waals surface area contributed by atoms with Crippen LogP contribution in [0.1, 0.15) is 0 Å². The van der Waals surface area contributed by atoms with Crippen LogP contribution in [0.4, 0.5) is 11.4 Å². The second-order valence-electron chi connectivity index (χ2n) is 4.28. The number of aromatic nitrogens is 2. The monoisotopic (exact) mass is 288 g/mol. The van der Waals surface area contributed by atoms with Crippen molar-refractivity contribution in [2.75, 3.05) is 10.5 Å². The van der Waals surface area contributed by atoms with Crippen molar-refractivity contribution in [2.45, 2.75) is 4.90 Å². The molecule has 7 heteroatoms. The lowest BCUT2D eigenvalue weighted by Crippen LogP contribution is -2.12. The molecule has 2 heterocycles. The molecule has 102 valence electrons. The van der Waals surface area contributed by atoms with Gasteiger partial charge in [-0.05, 0) is 36.4 Å². The normalized spacial score (nSPS) is 11.6. The molecule has 0 fully saturated rings. The van der Waals surface area contributed by atoms with Crippen molar-refractivity contribution >= 4 is 32.4 Å². The van der Waals surface area contributed by atoms with E-state index in [9.17, 15) is 8.42 Å². The predicted octanol–water partition coefficient (Wildman–Crippen LogP) is 1.95. The number of hydrogen-bond acceptors (Lipinski definition) is 4. The smallest absolute Gasteiger partial charge is 0.264 e. The van der Waals surface area contributed by atoms with Crippen molar-refractivity contribution in [2.24, 2.45) is 0 Å². The van der Waals surface area contributed by atoms with E-state index in [-0.39, 0.29) is 4.90 Å². The Bertz CT molecular complexity index is 853. The van der Waals surface area contributed by atoms with Gasteiger partial charge in [-0.1, -0.05) is 0 Å². The van der Waals surface area contributed by atoms with Crippen LogP contribution in [0.25, 0.3) is 11.0 Å². The van der Waals surface area contributed by atoms with Crippen LogP contribution in [0, 0.1) is 0 Å². The number of fused-ring (bicyclic) bond motifs is 1. The molecule has 0 bridgehead atoms. The molecular formula is C13H12N4O2S. The van der Waals surface area contributed by atoms with Crippen LogP contribution in [0.5, 0.6) is 0 Å². The fraction of sp³-hybridized carbons (Fsp3) is 0. The summed E-state index contributed by atoms with van der Waals surface area (Å²) in [6.07, 6.45) is 3.03. The third-order valence-electron chi connectivity index (χ3n) is 2.87. The molecule has 1 aromatic carbocycles. The number of nitrogens with zero attached hydrogens (tertiary/aromatic N) is 1. The third kappa shape index (κ3) is 2.19. The summed E-state index contributed by atoms with van der Waals surface area (Å²) in [4.78, 5) is 7.07. The number of pyridine rings is 1. The fourth-order valence-electron chi connectivity index (χ4n) is 1.91. The lowest BCUT2D eigenvalue weighted by Gasteiger charge is -2.07. The molecule has 3 rings (SSSR count). The highest BCUT2D eigenvalue weighted by molar-refractivity contribution is 7.93. The summed E-state index contributed by atoms with van der Waals surface area (Å²) >= 11 is 0. The highest BCUT2D eigenvalue weighted by atomic mass is 32.2. The minimum atomic E-state index is -3.67. The Kier molecular flexibility index (Phi) is 2.83. The summed E-state index contributed by atoms with van der Waals surface area (Å²) in [7, 11) is -3.67. The highest BCUT2D eigenvalue weighted by Gasteiger charge is 2.19. The molecule has 0 aliphatic heterocycles. The molecule has 0 saturated heterocycles. The van der Waals surface area contributed by atoms with Crippen LogP contribution >= 0.6 is 0 Å². The molecule has 0 radical (unpaired) electrons. The first-order valence-corrected chi connectivity index (χ1v) is 7.35. The first-order chi connectivity index (χ1) is 9.56. The topological polar surface area (TPSA) is 101 Å². The Morgan fingerprint density at radius 3 is 2.65 bits per heavy atom. The Hall–Kier alpha value is -2.54. The van der Waals surface area contributed by atoms with E-state index in [4.69, 9.17) is 5.73 Å². The fourth-order valence-corrected chi connectivity index (χ4v) is 3.14. The molecule has 20 heavy (non-hydrogen) atoms. The van der Waals surface area contributed by atoms with Gasteiger partial charge in [-0.2, -0.15) is 0 Å². The summed E-state index contributed by atoms with van der Waals surface area (Å²) in [5, 5.41) is 0.551. The number of H-pyrrole nitrogens is 1. The number of benzene rings is 1. The zero-order valence-electron chi connectivity index (χ0n) is 10.4. The maximum atomic E-state index is 12.4. The van der Waals surface area contributed by atoms with E-state index in [1.165, 1.54) is 6.20 Å². The molecule has 3 aromatic rings. The SMILES string of the molecule is Nc1ccc(NS(=O)(=O)c2c[nH]c3ncccc23)cc1. The van der Waals surface area contributed by atoms with Crippen LogP contribution < -0.4 is 10.5 Å². The highest BCUT2D eigenvalue weighted by Crippen LogP contribution is 2.23. The first-order valence-electron chi connectivity index (χ1n) is 5.87. The summed E-state index contributed by atoms with van der Waals surface area (Å²) in [6.45, 7) is 0. The molecule has 0 atom stereocenters.